The van der Waals surface area contributed by atoms with Crippen molar-refractivity contribution in [1.29, 1.82) is 5.26 Å². The van der Waals surface area contributed by atoms with Crippen LogP contribution >= 0.6 is 0 Å². The van der Waals surface area contributed by atoms with Gasteiger partial charge in [-0.1, -0.05) is 24.3 Å². The molecular weight excluding hydrogens is 447 g/mol. The van der Waals surface area contributed by atoms with Crippen molar-refractivity contribution in [2.75, 3.05) is 26.2 Å². The van der Waals surface area contributed by atoms with Gasteiger partial charge in [0.2, 0.25) is 0 Å². The number of alkyl halides is 3. The van der Waals surface area contributed by atoms with Crippen LogP contribution in [0.15, 0.2) is 48.5 Å². The van der Waals surface area contributed by atoms with Crippen molar-refractivity contribution in [3.05, 3.63) is 65.2 Å². The molecule has 2 aromatic carbocycles. The first kappa shape index (κ1) is 24.0. The van der Waals surface area contributed by atoms with Gasteiger partial charge in [-0.15, -0.1) is 0 Å². The van der Waals surface area contributed by atoms with Crippen molar-refractivity contribution in [1.82, 2.24) is 10.2 Å². The van der Waals surface area contributed by atoms with Crippen molar-refractivity contribution in [3.8, 4) is 11.8 Å². The number of halogens is 3. The Kier molecular flexibility index (Phi) is 7.10. The number of carboxylic acid groups (broad SMARTS) is 1. The number of benzene rings is 2. The molecule has 1 saturated carbocycles. The summed E-state index contributed by atoms with van der Waals surface area (Å²) in [5.74, 6) is -0.360. The number of carbonyl (C=O) groups is 1. The first-order valence-electron chi connectivity index (χ1n) is 11.2. The quantitative estimate of drug-likeness (QED) is 0.514. The zero-order chi connectivity index (χ0) is 24.3. The molecule has 34 heavy (non-hydrogen) atoms. The summed E-state index contributed by atoms with van der Waals surface area (Å²) >= 11 is 0. The number of hydrogen-bond acceptors (Lipinski definition) is 5. The monoisotopic (exact) mass is 473 g/mol. The van der Waals surface area contributed by atoms with E-state index < -0.39 is 23.6 Å². The number of fused-ring (bicyclic) bond motifs is 1. The number of likely N-dealkylation sites (tertiary alicyclic amines) is 1. The van der Waals surface area contributed by atoms with E-state index >= 15 is 0 Å². The molecule has 180 valence electrons. The molecule has 0 bridgehead atoms. The Balaban J connectivity index is 1.12. The number of nitrogens with zero attached hydrogens (tertiary/aromatic N) is 2. The lowest BCUT2D eigenvalue weighted by atomic mass is 10.0. The van der Waals surface area contributed by atoms with E-state index in [0.29, 0.717) is 43.3 Å². The highest BCUT2D eigenvalue weighted by Gasteiger charge is 2.55. The van der Waals surface area contributed by atoms with Crippen LogP contribution < -0.4 is 10.1 Å². The maximum absolute atomic E-state index is 12.7. The fourth-order valence-corrected chi connectivity index (χ4v) is 4.64. The zero-order valence-electron chi connectivity index (χ0n) is 18.5. The summed E-state index contributed by atoms with van der Waals surface area (Å²) in [6.07, 6.45) is -4.14. The number of nitrogens with one attached hydrogen (secondary N) is 1. The van der Waals surface area contributed by atoms with Crippen molar-refractivity contribution < 1.29 is 27.8 Å². The molecule has 0 aromatic heterocycles. The highest BCUT2D eigenvalue weighted by Crippen LogP contribution is 2.45. The van der Waals surface area contributed by atoms with Gasteiger partial charge in [-0.25, -0.2) is 0 Å². The zero-order valence-corrected chi connectivity index (χ0v) is 18.5. The third kappa shape index (κ3) is 5.88. The third-order valence-corrected chi connectivity index (χ3v) is 6.53. The molecule has 2 aromatic rings. The minimum Gasteiger partial charge on any atom is -0.492 e. The van der Waals surface area contributed by atoms with E-state index in [2.05, 4.69) is 10.2 Å². The second-order valence-electron chi connectivity index (χ2n) is 8.91. The Labute approximate surface area is 195 Å². The molecule has 0 radical (unpaired) electrons. The smallest absolute Gasteiger partial charge is 0.416 e. The van der Waals surface area contributed by atoms with Gasteiger partial charge in [-0.2, -0.15) is 18.4 Å². The third-order valence-electron chi connectivity index (χ3n) is 6.53. The van der Waals surface area contributed by atoms with Gasteiger partial charge >= 0.3 is 12.1 Å². The van der Waals surface area contributed by atoms with Gasteiger partial charge in [0.25, 0.3) is 0 Å². The van der Waals surface area contributed by atoms with Gasteiger partial charge in [0.1, 0.15) is 18.3 Å². The minimum atomic E-state index is -4.30. The van der Waals surface area contributed by atoms with Gasteiger partial charge in [-0.3, -0.25) is 9.69 Å². The summed E-state index contributed by atoms with van der Waals surface area (Å²) in [7, 11) is 0. The maximum Gasteiger partial charge on any atom is 0.416 e. The number of carboxylic acids is 1. The molecule has 0 amide bonds. The van der Waals surface area contributed by atoms with E-state index in [1.807, 2.05) is 0 Å². The molecule has 2 fully saturated rings. The Morgan fingerprint density at radius 1 is 1.12 bits per heavy atom. The predicted octanol–water partition coefficient (Wildman–Crippen LogP) is 3.57. The lowest BCUT2D eigenvalue weighted by molar-refractivity contribution is -0.140. The van der Waals surface area contributed by atoms with E-state index in [9.17, 15) is 18.0 Å². The Bertz CT molecular complexity index is 1020. The first-order valence-corrected chi connectivity index (χ1v) is 11.2. The number of hydrogen-bond donors (Lipinski definition) is 2. The number of rotatable bonds is 10. The van der Waals surface area contributed by atoms with Crippen LogP contribution in [-0.2, 0) is 23.9 Å². The Hall–Kier alpha value is -3.09. The lowest BCUT2D eigenvalue weighted by Crippen LogP contribution is -2.33. The van der Waals surface area contributed by atoms with E-state index in [0.717, 1.165) is 36.3 Å². The largest absolute Gasteiger partial charge is 0.492 e. The molecule has 2 N–H and O–H groups in total. The normalized spacial score (nSPS) is 22.6. The molecule has 0 spiro atoms. The first-order chi connectivity index (χ1) is 16.2. The van der Waals surface area contributed by atoms with Crippen LogP contribution in [0.4, 0.5) is 13.2 Å². The second kappa shape index (κ2) is 10.0. The summed E-state index contributed by atoms with van der Waals surface area (Å²) in [6, 6.07) is 14.7. The summed E-state index contributed by atoms with van der Waals surface area (Å²) in [4.78, 5) is 13.2. The molecule has 1 heterocycles. The Morgan fingerprint density at radius 3 is 2.29 bits per heavy atom. The summed E-state index contributed by atoms with van der Waals surface area (Å²) in [6.45, 7) is 3.74. The van der Waals surface area contributed by atoms with Crippen molar-refractivity contribution in [2.24, 2.45) is 17.8 Å². The number of piperidine rings is 1. The molecule has 1 aliphatic carbocycles. The van der Waals surface area contributed by atoms with Crippen LogP contribution in [-0.4, -0.2) is 48.3 Å². The van der Waals surface area contributed by atoms with Crippen LogP contribution in [0.25, 0.3) is 0 Å². The van der Waals surface area contributed by atoms with Gasteiger partial charge in [0.15, 0.2) is 0 Å². The van der Waals surface area contributed by atoms with Gasteiger partial charge in [-0.05, 0) is 53.6 Å². The second-order valence-corrected chi connectivity index (χ2v) is 8.91. The molecule has 4 atom stereocenters. The molecule has 1 saturated heterocycles. The standard InChI is InChI=1S/C25H26F3N3O3/c26-25(27,28)19-5-1-17(2-6-19)13-31-14-21-22(15-31)23(21)30-9-10-34-20-7-3-16(4-8-20)11-18(12-29)24(32)33/h1-8,18,21-23,30H,9-11,13-15H2,(H,32,33)/t18-,21-,22?,23?/m0/s1. The van der Waals surface area contributed by atoms with Crippen molar-refractivity contribution in [3.63, 3.8) is 0 Å². The van der Waals surface area contributed by atoms with E-state index in [1.165, 1.54) is 0 Å². The molecule has 2 aliphatic rings. The molecule has 9 heteroatoms. The molecular formula is C25H26F3N3O3. The number of ether oxygens (including phenoxy) is 1. The van der Waals surface area contributed by atoms with Crippen molar-refractivity contribution >= 4 is 5.97 Å². The highest BCUT2D eigenvalue weighted by atomic mass is 19.4. The van der Waals surface area contributed by atoms with E-state index in [1.54, 1.807) is 42.5 Å². The molecule has 2 unspecified atom stereocenters. The number of nitriles is 1. The van der Waals surface area contributed by atoms with Crippen LogP contribution in [0.2, 0.25) is 0 Å². The van der Waals surface area contributed by atoms with Crippen molar-refractivity contribution in [2.45, 2.75) is 25.2 Å². The predicted molar refractivity (Wildman–Crippen MR) is 118 cm³/mol. The lowest BCUT2D eigenvalue weighted by Gasteiger charge is -2.20. The molecule has 4 rings (SSSR count). The van der Waals surface area contributed by atoms with Gasteiger partial charge in [0.05, 0.1) is 11.6 Å². The summed E-state index contributed by atoms with van der Waals surface area (Å²) in [5, 5.41) is 21.4. The fourth-order valence-electron chi connectivity index (χ4n) is 4.64. The molecule has 6 nitrogen and oxygen atoms in total. The van der Waals surface area contributed by atoms with Crippen LogP contribution in [0.1, 0.15) is 16.7 Å². The van der Waals surface area contributed by atoms with Gasteiger partial charge < -0.3 is 15.2 Å². The van der Waals surface area contributed by atoms with Gasteiger partial charge in [0, 0.05) is 32.2 Å². The summed E-state index contributed by atoms with van der Waals surface area (Å²) < 4.78 is 43.8. The topological polar surface area (TPSA) is 85.6 Å². The summed E-state index contributed by atoms with van der Waals surface area (Å²) in [5.41, 5.74) is 1.05. The van der Waals surface area contributed by atoms with Crippen LogP contribution in [0.3, 0.4) is 0 Å². The fraction of sp³-hybridized carbons (Fsp3) is 0.440. The minimum absolute atomic E-state index is 0.161. The van der Waals surface area contributed by atoms with Crippen LogP contribution in [0.5, 0.6) is 5.75 Å². The van der Waals surface area contributed by atoms with E-state index in [4.69, 9.17) is 15.1 Å². The average molecular weight is 473 g/mol. The average Bonchev–Trinajstić information content (AvgIpc) is 3.25. The Morgan fingerprint density at radius 2 is 1.74 bits per heavy atom. The molecule has 1 aliphatic heterocycles. The maximum atomic E-state index is 12.7. The van der Waals surface area contributed by atoms with Crippen LogP contribution in [0, 0.1) is 29.1 Å². The number of aliphatic carboxylic acids is 1. The van der Waals surface area contributed by atoms with E-state index in [-0.39, 0.29) is 6.42 Å². The highest BCUT2D eigenvalue weighted by molar-refractivity contribution is 5.73. The SMILES string of the molecule is N#C[C@H](Cc1ccc(OCCNC2C3CN(Cc4ccc(C(F)(F)F)cc4)C[C@@H]32)cc1)C(=O)O.